The molecule has 104 valence electrons. The van der Waals surface area contributed by atoms with E-state index < -0.39 is 0 Å². The van der Waals surface area contributed by atoms with Crippen LogP contribution in [0.1, 0.15) is 5.69 Å². The molecule has 0 atom stereocenters. The van der Waals surface area contributed by atoms with Crippen molar-refractivity contribution in [2.75, 3.05) is 36.0 Å². The molecule has 2 heterocycles. The number of halogens is 1. The Balaban J connectivity index is 1.70. The number of aryl methyl sites for hydroxylation is 1. The Bertz CT molecular complexity index is 594. The van der Waals surface area contributed by atoms with E-state index in [4.69, 9.17) is 11.6 Å². The van der Waals surface area contributed by atoms with E-state index in [9.17, 15) is 0 Å². The van der Waals surface area contributed by atoms with Crippen LogP contribution in [0, 0.1) is 6.92 Å². The number of aromatic nitrogens is 2. The molecular weight excluding hydrogens is 272 g/mol. The average molecular weight is 289 g/mol. The number of nitrogens with zero attached hydrogens (tertiary/aromatic N) is 4. The summed E-state index contributed by atoms with van der Waals surface area (Å²) in [7, 11) is 0. The summed E-state index contributed by atoms with van der Waals surface area (Å²) >= 11 is 6.26. The molecule has 5 heteroatoms. The summed E-state index contributed by atoms with van der Waals surface area (Å²) in [5.74, 6) is 1.01. The second-order valence-corrected chi connectivity index (χ2v) is 5.35. The molecule has 0 radical (unpaired) electrons. The molecule has 1 saturated heterocycles. The highest BCUT2D eigenvalue weighted by atomic mass is 35.5. The van der Waals surface area contributed by atoms with Gasteiger partial charge < -0.3 is 9.80 Å². The van der Waals surface area contributed by atoms with E-state index in [1.165, 1.54) is 0 Å². The van der Waals surface area contributed by atoms with Gasteiger partial charge in [-0.05, 0) is 19.1 Å². The number of hydrogen-bond donors (Lipinski definition) is 0. The Morgan fingerprint density at radius 3 is 2.40 bits per heavy atom. The van der Waals surface area contributed by atoms with E-state index in [1.54, 1.807) is 6.33 Å². The maximum atomic E-state index is 6.26. The van der Waals surface area contributed by atoms with Crippen LogP contribution in [0.15, 0.2) is 36.7 Å². The number of anilines is 2. The predicted octanol–water partition coefficient (Wildman–Crippen LogP) is 2.77. The Morgan fingerprint density at radius 2 is 1.70 bits per heavy atom. The normalized spacial score (nSPS) is 15.5. The number of benzene rings is 1. The van der Waals surface area contributed by atoms with Gasteiger partial charge in [0.1, 0.15) is 12.1 Å². The Hall–Kier alpha value is -1.81. The molecule has 1 aromatic carbocycles. The molecule has 1 aliphatic heterocycles. The van der Waals surface area contributed by atoms with Crippen molar-refractivity contribution >= 4 is 23.1 Å². The smallest absolute Gasteiger partial charge is 0.132 e. The molecular formula is C15H17ClN4. The fourth-order valence-corrected chi connectivity index (χ4v) is 2.75. The van der Waals surface area contributed by atoms with Crippen LogP contribution in [0.25, 0.3) is 0 Å². The Kier molecular flexibility index (Phi) is 3.74. The van der Waals surface area contributed by atoms with Gasteiger partial charge in [-0.15, -0.1) is 0 Å². The molecule has 1 fully saturated rings. The minimum atomic E-state index is 0.818. The molecule has 0 saturated carbocycles. The average Bonchev–Trinajstić information content (AvgIpc) is 2.48. The van der Waals surface area contributed by atoms with E-state index in [2.05, 4.69) is 25.8 Å². The van der Waals surface area contributed by atoms with E-state index in [0.717, 1.165) is 48.4 Å². The van der Waals surface area contributed by atoms with Crippen LogP contribution in [0.5, 0.6) is 0 Å². The zero-order chi connectivity index (χ0) is 13.9. The van der Waals surface area contributed by atoms with Crippen LogP contribution in [-0.4, -0.2) is 36.1 Å². The molecule has 3 rings (SSSR count). The maximum Gasteiger partial charge on any atom is 0.132 e. The van der Waals surface area contributed by atoms with E-state index in [0.29, 0.717) is 0 Å². The van der Waals surface area contributed by atoms with Crippen molar-refractivity contribution in [3.63, 3.8) is 0 Å². The molecule has 0 spiro atoms. The monoisotopic (exact) mass is 288 g/mol. The van der Waals surface area contributed by atoms with Gasteiger partial charge in [-0.3, -0.25) is 0 Å². The summed E-state index contributed by atoms with van der Waals surface area (Å²) in [6, 6.07) is 10.0. The minimum absolute atomic E-state index is 0.818. The molecule has 4 nitrogen and oxygen atoms in total. The fourth-order valence-electron chi connectivity index (χ4n) is 2.50. The Morgan fingerprint density at radius 1 is 1.00 bits per heavy atom. The summed E-state index contributed by atoms with van der Waals surface area (Å²) in [6.07, 6.45) is 1.63. The fraction of sp³-hybridized carbons (Fsp3) is 0.333. The van der Waals surface area contributed by atoms with Crippen molar-refractivity contribution in [2.45, 2.75) is 6.92 Å². The van der Waals surface area contributed by atoms with Crippen LogP contribution in [0.2, 0.25) is 5.02 Å². The SMILES string of the molecule is Cc1cc(N2CCN(c3ccccc3Cl)CC2)ncn1. The van der Waals surface area contributed by atoms with Gasteiger partial charge in [-0.25, -0.2) is 9.97 Å². The molecule has 2 aromatic rings. The van der Waals surface area contributed by atoms with Crippen molar-refractivity contribution in [1.82, 2.24) is 9.97 Å². The number of para-hydroxylation sites is 1. The Labute approximate surface area is 124 Å². The third-order valence-electron chi connectivity index (χ3n) is 3.59. The first-order valence-electron chi connectivity index (χ1n) is 6.77. The molecule has 1 aliphatic rings. The highest BCUT2D eigenvalue weighted by Crippen LogP contribution is 2.26. The van der Waals surface area contributed by atoms with Gasteiger partial charge in [0.2, 0.25) is 0 Å². The van der Waals surface area contributed by atoms with Crippen molar-refractivity contribution in [1.29, 1.82) is 0 Å². The van der Waals surface area contributed by atoms with Crippen LogP contribution < -0.4 is 9.80 Å². The first kappa shape index (κ1) is 13.2. The van der Waals surface area contributed by atoms with E-state index >= 15 is 0 Å². The van der Waals surface area contributed by atoms with Crippen molar-refractivity contribution in [3.8, 4) is 0 Å². The lowest BCUT2D eigenvalue weighted by Crippen LogP contribution is -2.47. The third-order valence-corrected chi connectivity index (χ3v) is 3.91. The molecule has 0 aliphatic carbocycles. The highest BCUT2D eigenvalue weighted by molar-refractivity contribution is 6.33. The summed E-state index contributed by atoms with van der Waals surface area (Å²) in [4.78, 5) is 13.1. The zero-order valence-electron chi connectivity index (χ0n) is 11.5. The van der Waals surface area contributed by atoms with Crippen LogP contribution >= 0.6 is 11.6 Å². The summed E-state index contributed by atoms with van der Waals surface area (Å²) in [5, 5.41) is 0.818. The van der Waals surface area contributed by atoms with E-state index in [-0.39, 0.29) is 0 Å². The van der Waals surface area contributed by atoms with Gasteiger partial charge in [-0.2, -0.15) is 0 Å². The zero-order valence-corrected chi connectivity index (χ0v) is 12.2. The quantitative estimate of drug-likeness (QED) is 0.851. The second kappa shape index (κ2) is 5.67. The minimum Gasteiger partial charge on any atom is -0.367 e. The van der Waals surface area contributed by atoms with Gasteiger partial charge in [0, 0.05) is 37.9 Å². The largest absolute Gasteiger partial charge is 0.367 e. The molecule has 0 unspecified atom stereocenters. The highest BCUT2D eigenvalue weighted by Gasteiger charge is 2.19. The predicted molar refractivity (Wildman–Crippen MR) is 82.6 cm³/mol. The standard InChI is InChI=1S/C15H17ClN4/c1-12-10-15(18-11-17-12)20-8-6-19(7-9-20)14-5-3-2-4-13(14)16/h2-5,10-11H,6-9H2,1H3. The summed E-state index contributed by atoms with van der Waals surface area (Å²) in [6.45, 7) is 5.79. The van der Waals surface area contributed by atoms with Gasteiger partial charge >= 0.3 is 0 Å². The third kappa shape index (κ3) is 2.70. The topological polar surface area (TPSA) is 32.3 Å². The van der Waals surface area contributed by atoms with E-state index in [1.807, 2.05) is 31.2 Å². The van der Waals surface area contributed by atoms with Gasteiger partial charge in [0.15, 0.2) is 0 Å². The lowest BCUT2D eigenvalue weighted by Gasteiger charge is -2.37. The lowest BCUT2D eigenvalue weighted by molar-refractivity contribution is 0.646. The summed E-state index contributed by atoms with van der Waals surface area (Å²) in [5.41, 5.74) is 2.12. The van der Waals surface area contributed by atoms with Crippen LogP contribution in [0.3, 0.4) is 0 Å². The van der Waals surface area contributed by atoms with Crippen molar-refractivity contribution < 1.29 is 0 Å². The molecule has 0 amide bonds. The first-order chi connectivity index (χ1) is 9.74. The number of piperazine rings is 1. The summed E-state index contributed by atoms with van der Waals surface area (Å²) < 4.78 is 0. The second-order valence-electron chi connectivity index (χ2n) is 4.94. The van der Waals surface area contributed by atoms with Crippen LogP contribution in [-0.2, 0) is 0 Å². The maximum absolute atomic E-state index is 6.26. The number of hydrogen-bond acceptors (Lipinski definition) is 4. The van der Waals surface area contributed by atoms with Crippen LogP contribution in [0.4, 0.5) is 11.5 Å². The van der Waals surface area contributed by atoms with Gasteiger partial charge in [0.05, 0.1) is 10.7 Å². The van der Waals surface area contributed by atoms with Crippen molar-refractivity contribution in [2.24, 2.45) is 0 Å². The lowest BCUT2D eigenvalue weighted by atomic mass is 10.2. The van der Waals surface area contributed by atoms with Crippen molar-refractivity contribution in [3.05, 3.63) is 47.4 Å². The molecule has 0 N–H and O–H groups in total. The van der Waals surface area contributed by atoms with Gasteiger partial charge in [0.25, 0.3) is 0 Å². The first-order valence-corrected chi connectivity index (χ1v) is 7.15. The molecule has 20 heavy (non-hydrogen) atoms. The van der Waals surface area contributed by atoms with Gasteiger partial charge in [-0.1, -0.05) is 23.7 Å². The number of rotatable bonds is 2. The molecule has 0 bridgehead atoms. The molecule has 1 aromatic heterocycles.